The minimum atomic E-state index is -0.900. The van der Waals surface area contributed by atoms with E-state index >= 15 is 0 Å². The van der Waals surface area contributed by atoms with Crippen LogP contribution in [0.4, 0.5) is 20.1 Å². The van der Waals surface area contributed by atoms with E-state index in [1.165, 1.54) is 23.0 Å². The number of nitrogens with one attached hydrogen (secondary N) is 1. The van der Waals surface area contributed by atoms with E-state index in [2.05, 4.69) is 27.2 Å². The van der Waals surface area contributed by atoms with Crippen molar-refractivity contribution in [2.45, 2.75) is 92.0 Å². The molecule has 37 heavy (non-hydrogen) atoms. The first-order chi connectivity index (χ1) is 17.0. The highest BCUT2D eigenvalue weighted by Gasteiger charge is 2.34. The van der Waals surface area contributed by atoms with Crippen molar-refractivity contribution >= 4 is 29.6 Å². The fourth-order valence-electron chi connectivity index (χ4n) is 2.86. The van der Waals surface area contributed by atoms with E-state index in [1.807, 2.05) is 0 Å². The maximum atomic E-state index is 13.0. The molecule has 0 saturated heterocycles. The second kappa shape index (κ2) is 11.5. The van der Waals surface area contributed by atoms with Crippen LogP contribution in [0.3, 0.4) is 0 Å². The number of carbonyl (C=O) groups excluding carboxylic acids is 3. The van der Waals surface area contributed by atoms with Gasteiger partial charge in [-0.1, -0.05) is 5.92 Å². The number of hydrogen-bond acceptors (Lipinski definition) is 8. The molecule has 0 saturated carbocycles. The first kappa shape index (κ1) is 29.4. The molecule has 0 fully saturated rings. The van der Waals surface area contributed by atoms with Crippen molar-refractivity contribution in [1.82, 2.24) is 19.9 Å². The molecule has 2 heterocycles. The average molecular weight is 516 g/mol. The molecule has 2 aromatic heterocycles. The Morgan fingerprint density at radius 1 is 0.946 bits per heavy atom. The van der Waals surface area contributed by atoms with E-state index in [0.29, 0.717) is 25.1 Å². The molecular formula is C26H37N5O6. The Morgan fingerprint density at radius 3 is 2.05 bits per heavy atom. The molecule has 1 N–H and O–H groups in total. The van der Waals surface area contributed by atoms with Gasteiger partial charge in [-0.2, -0.15) is 10.00 Å². The highest BCUT2D eigenvalue weighted by atomic mass is 16.6. The lowest BCUT2D eigenvalue weighted by atomic mass is 10.2. The molecule has 0 radical (unpaired) electrons. The topological polar surface area (TPSA) is 124 Å². The SMILES string of the molecule is CC(C)(C)OC(=O)NCCCC#Cc1cnc2c(N(C(=O)OC(C)(C)C)C(=O)OC(C)(C)C)ccnn12. The summed E-state index contributed by atoms with van der Waals surface area (Å²) in [6, 6.07) is 1.48. The van der Waals surface area contributed by atoms with Crippen molar-refractivity contribution in [3.63, 3.8) is 0 Å². The van der Waals surface area contributed by atoms with E-state index in [4.69, 9.17) is 14.2 Å². The third-order valence-electron chi connectivity index (χ3n) is 4.14. The van der Waals surface area contributed by atoms with Crippen LogP contribution < -0.4 is 10.2 Å². The van der Waals surface area contributed by atoms with Crippen molar-refractivity contribution in [2.24, 2.45) is 0 Å². The van der Waals surface area contributed by atoms with Gasteiger partial charge in [-0.05, 0) is 80.7 Å². The van der Waals surface area contributed by atoms with Gasteiger partial charge >= 0.3 is 18.3 Å². The van der Waals surface area contributed by atoms with Crippen LogP contribution in [0.5, 0.6) is 0 Å². The van der Waals surface area contributed by atoms with Gasteiger partial charge in [-0.15, -0.1) is 0 Å². The molecule has 11 nitrogen and oxygen atoms in total. The standard InChI is InChI=1S/C26H37N5O6/c1-24(2,3)35-21(32)27-15-12-10-11-13-18-17-28-20-19(14-16-29-31(18)20)30(22(33)36-25(4,5)6)23(34)37-26(7,8)9/h14,16-17H,10,12,15H2,1-9H3,(H,27,32). The van der Waals surface area contributed by atoms with Gasteiger partial charge in [0, 0.05) is 13.0 Å². The van der Waals surface area contributed by atoms with Gasteiger partial charge in [0.15, 0.2) is 5.65 Å². The van der Waals surface area contributed by atoms with E-state index < -0.39 is 35.1 Å². The van der Waals surface area contributed by atoms with E-state index in [-0.39, 0.29) is 11.3 Å². The highest BCUT2D eigenvalue weighted by molar-refractivity contribution is 6.11. The molecule has 11 heteroatoms. The fraction of sp³-hybridized carbons (Fsp3) is 0.577. The number of imidazole rings is 1. The van der Waals surface area contributed by atoms with Crippen LogP contribution in [0.1, 0.15) is 80.8 Å². The summed E-state index contributed by atoms with van der Waals surface area (Å²) in [5.41, 5.74) is -1.40. The van der Waals surface area contributed by atoms with Gasteiger partial charge < -0.3 is 19.5 Å². The molecule has 0 atom stereocenters. The smallest absolute Gasteiger partial charge is 0.424 e. The van der Waals surface area contributed by atoms with Gasteiger partial charge in [0.1, 0.15) is 28.2 Å². The molecule has 2 aromatic rings. The highest BCUT2D eigenvalue weighted by Crippen LogP contribution is 2.25. The van der Waals surface area contributed by atoms with Crippen LogP contribution in [0, 0.1) is 11.8 Å². The summed E-state index contributed by atoms with van der Waals surface area (Å²) >= 11 is 0. The molecule has 0 spiro atoms. The molecule has 0 aliphatic rings. The Bertz CT molecular complexity index is 1160. The van der Waals surface area contributed by atoms with Crippen LogP contribution in [-0.4, -0.2) is 56.2 Å². The van der Waals surface area contributed by atoms with Gasteiger partial charge in [0.05, 0.1) is 12.4 Å². The minimum absolute atomic E-state index is 0.146. The van der Waals surface area contributed by atoms with Crippen LogP contribution in [-0.2, 0) is 14.2 Å². The van der Waals surface area contributed by atoms with Crippen molar-refractivity contribution < 1.29 is 28.6 Å². The zero-order chi connectivity index (χ0) is 28.0. The van der Waals surface area contributed by atoms with Crippen LogP contribution >= 0.6 is 0 Å². The monoisotopic (exact) mass is 515 g/mol. The Kier molecular flexibility index (Phi) is 9.14. The predicted molar refractivity (Wildman–Crippen MR) is 138 cm³/mol. The average Bonchev–Trinajstić information content (AvgIpc) is 3.10. The van der Waals surface area contributed by atoms with Gasteiger partial charge in [-0.3, -0.25) is 0 Å². The Hall–Kier alpha value is -3.81. The van der Waals surface area contributed by atoms with Crippen molar-refractivity contribution in [3.8, 4) is 11.8 Å². The number of ether oxygens (including phenoxy) is 3. The largest absolute Gasteiger partial charge is 0.444 e. The Labute approximate surface area is 217 Å². The number of anilines is 1. The van der Waals surface area contributed by atoms with Gasteiger partial charge in [0.25, 0.3) is 0 Å². The lowest BCUT2D eigenvalue weighted by Gasteiger charge is -2.28. The van der Waals surface area contributed by atoms with Crippen molar-refractivity contribution in [1.29, 1.82) is 0 Å². The lowest BCUT2D eigenvalue weighted by Crippen LogP contribution is -2.44. The first-order valence-corrected chi connectivity index (χ1v) is 12.0. The number of nitrogens with zero attached hydrogens (tertiary/aromatic N) is 4. The minimum Gasteiger partial charge on any atom is -0.444 e. The molecule has 0 aliphatic carbocycles. The second-order valence-electron chi connectivity index (χ2n) is 11.2. The van der Waals surface area contributed by atoms with Crippen molar-refractivity contribution in [3.05, 3.63) is 24.2 Å². The maximum absolute atomic E-state index is 13.0. The van der Waals surface area contributed by atoms with E-state index in [1.54, 1.807) is 62.3 Å². The summed E-state index contributed by atoms with van der Waals surface area (Å²) in [5, 5.41) is 6.96. The van der Waals surface area contributed by atoms with E-state index in [0.717, 1.165) is 4.90 Å². The zero-order valence-corrected chi connectivity index (χ0v) is 23.1. The number of imide groups is 1. The third kappa shape index (κ3) is 9.63. The summed E-state index contributed by atoms with van der Waals surface area (Å²) in [5.74, 6) is 6.01. The number of carbonyl (C=O) groups is 3. The molecule has 0 unspecified atom stereocenters. The maximum Gasteiger partial charge on any atom is 0.424 e. The second-order valence-corrected chi connectivity index (χ2v) is 11.2. The third-order valence-corrected chi connectivity index (χ3v) is 4.14. The summed E-state index contributed by atoms with van der Waals surface area (Å²) in [6.45, 7) is 16.0. The fourth-order valence-corrected chi connectivity index (χ4v) is 2.86. The quantitative estimate of drug-likeness (QED) is 0.340. The number of unbranched alkanes of at least 4 members (excludes halogenated alkanes) is 1. The number of rotatable bonds is 4. The number of amides is 3. The summed E-state index contributed by atoms with van der Waals surface area (Å²) in [7, 11) is 0. The predicted octanol–water partition coefficient (Wildman–Crippen LogP) is 5.06. The van der Waals surface area contributed by atoms with E-state index in [9.17, 15) is 14.4 Å². The molecule has 0 aliphatic heterocycles. The molecular weight excluding hydrogens is 478 g/mol. The number of aromatic nitrogens is 3. The van der Waals surface area contributed by atoms with Gasteiger partial charge in [0.2, 0.25) is 0 Å². The van der Waals surface area contributed by atoms with Gasteiger partial charge in [-0.25, -0.2) is 23.9 Å². The zero-order valence-electron chi connectivity index (χ0n) is 23.1. The molecule has 0 aromatic carbocycles. The van der Waals surface area contributed by atoms with Crippen molar-refractivity contribution in [2.75, 3.05) is 11.4 Å². The molecule has 0 bridgehead atoms. The summed E-state index contributed by atoms with van der Waals surface area (Å²) in [4.78, 5) is 42.9. The number of hydrogen-bond donors (Lipinski definition) is 1. The molecule has 2 rings (SSSR count). The lowest BCUT2D eigenvalue weighted by molar-refractivity contribution is 0.0428. The molecule has 3 amide bonds. The summed E-state index contributed by atoms with van der Waals surface area (Å²) in [6.07, 6.45) is 1.78. The van der Waals surface area contributed by atoms with Crippen LogP contribution in [0.15, 0.2) is 18.5 Å². The normalized spacial score (nSPS) is 11.8. The first-order valence-electron chi connectivity index (χ1n) is 12.0. The molecule has 202 valence electrons. The number of alkyl carbamates (subject to hydrolysis) is 1. The van der Waals surface area contributed by atoms with Crippen LogP contribution in [0.2, 0.25) is 0 Å². The van der Waals surface area contributed by atoms with Crippen LogP contribution in [0.25, 0.3) is 5.65 Å². The Balaban J connectivity index is 2.23. The summed E-state index contributed by atoms with van der Waals surface area (Å²) < 4.78 is 17.5. The Morgan fingerprint density at radius 2 is 1.51 bits per heavy atom. The number of fused-ring (bicyclic) bond motifs is 1.